The fourth-order valence-corrected chi connectivity index (χ4v) is 3.09. The maximum absolute atomic E-state index is 12.4. The second-order valence-electron chi connectivity index (χ2n) is 5.92. The van der Waals surface area contributed by atoms with Crippen LogP contribution >= 0.6 is 0 Å². The normalized spacial score (nSPS) is 18.8. The quantitative estimate of drug-likeness (QED) is 0.796. The Morgan fingerprint density at radius 2 is 1.95 bits per heavy atom. The zero-order valence-electron chi connectivity index (χ0n) is 12.5. The summed E-state index contributed by atoms with van der Waals surface area (Å²) in [7, 11) is 0. The number of hydrogen-bond donors (Lipinski definition) is 0. The second kappa shape index (κ2) is 6.23. The first-order chi connectivity index (χ1) is 10.2. The van der Waals surface area contributed by atoms with Gasteiger partial charge in [0.2, 0.25) is 0 Å². The maximum atomic E-state index is 12.4. The van der Waals surface area contributed by atoms with Gasteiger partial charge in [0.05, 0.1) is 6.54 Å². The SMILES string of the molecule is Cc1cccc(C(=O)CN2CCC(c3ccccc3)C2)c1. The second-order valence-corrected chi connectivity index (χ2v) is 5.92. The minimum atomic E-state index is 0.229. The topological polar surface area (TPSA) is 20.3 Å². The number of likely N-dealkylation sites (tertiary alicyclic amines) is 1. The Balaban J connectivity index is 1.61. The zero-order chi connectivity index (χ0) is 14.7. The van der Waals surface area contributed by atoms with Crippen LogP contribution in [0.5, 0.6) is 0 Å². The number of Topliss-reactive ketones (excluding diaryl/α,β-unsaturated/α-hetero) is 1. The molecule has 0 spiro atoms. The molecule has 0 amide bonds. The lowest BCUT2D eigenvalue weighted by molar-refractivity contribution is 0.0944. The highest BCUT2D eigenvalue weighted by Gasteiger charge is 2.25. The van der Waals surface area contributed by atoms with Crippen molar-refractivity contribution < 1.29 is 4.79 Å². The smallest absolute Gasteiger partial charge is 0.176 e. The van der Waals surface area contributed by atoms with Crippen molar-refractivity contribution in [3.05, 3.63) is 71.3 Å². The summed E-state index contributed by atoms with van der Waals surface area (Å²) < 4.78 is 0. The fraction of sp³-hybridized carbons (Fsp3) is 0.316. The van der Waals surface area contributed by atoms with Crippen molar-refractivity contribution >= 4 is 5.78 Å². The third-order valence-corrected chi connectivity index (χ3v) is 4.25. The molecule has 0 radical (unpaired) electrons. The molecule has 1 heterocycles. The van der Waals surface area contributed by atoms with E-state index in [0.29, 0.717) is 12.5 Å². The van der Waals surface area contributed by atoms with Gasteiger partial charge < -0.3 is 0 Å². The van der Waals surface area contributed by atoms with E-state index in [1.54, 1.807) is 0 Å². The van der Waals surface area contributed by atoms with Crippen LogP contribution in [0.4, 0.5) is 0 Å². The predicted octanol–water partition coefficient (Wildman–Crippen LogP) is 3.67. The summed E-state index contributed by atoms with van der Waals surface area (Å²) in [4.78, 5) is 14.6. The maximum Gasteiger partial charge on any atom is 0.176 e. The van der Waals surface area contributed by atoms with Crippen LogP contribution in [-0.2, 0) is 0 Å². The number of aryl methyl sites for hydroxylation is 1. The molecule has 2 heteroatoms. The molecule has 1 fully saturated rings. The summed E-state index contributed by atoms with van der Waals surface area (Å²) in [6.45, 7) is 4.56. The van der Waals surface area contributed by atoms with E-state index in [-0.39, 0.29) is 5.78 Å². The van der Waals surface area contributed by atoms with Gasteiger partial charge in [0, 0.05) is 12.1 Å². The standard InChI is InChI=1S/C19H21NO/c1-15-6-5-9-17(12-15)19(21)14-20-11-10-18(13-20)16-7-3-2-4-8-16/h2-9,12,18H,10-11,13-14H2,1H3. The molecule has 0 N–H and O–H groups in total. The average molecular weight is 279 g/mol. The Morgan fingerprint density at radius 1 is 1.14 bits per heavy atom. The van der Waals surface area contributed by atoms with E-state index in [9.17, 15) is 4.79 Å². The van der Waals surface area contributed by atoms with E-state index >= 15 is 0 Å². The summed E-state index contributed by atoms with van der Waals surface area (Å²) in [5, 5.41) is 0. The van der Waals surface area contributed by atoms with Gasteiger partial charge >= 0.3 is 0 Å². The van der Waals surface area contributed by atoms with Crippen molar-refractivity contribution in [1.82, 2.24) is 4.90 Å². The molecule has 2 aromatic rings. The van der Waals surface area contributed by atoms with Crippen molar-refractivity contribution in [2.75, 3.05) is 19.6 Å². The predicted molar refractivity (Wildman–Crippen MR) is 85.7 cm³/mol. The molecule has 2 nitrogen and oxygen atoms in total. The largest absolute Gasteiger partial charge is 0.295 e. The number of benzene rings is 2. The van der Waals surface area contributed by atoms with E-state index in [0.717, 1.165) is 30.6 Å². The Kier molecular flexibility index (Phi) is 4.16. The number of rotatable bonds is 4. The third kappa shape index (κ3) is 3.40. The fourth-order valence-electron chi connectivity index (χ4n) is 3.09. The first-order valence-electron chi connectivity index (χ1n) is 7.59. The van der Waals surface area contributed by atoms with Gasteiger partial charge in [-0.05, 0) is 37.4 Å². The molecule has 1 unspecified atom stereocenters. The van der Waals surface area contributed by atoms with Crippen LogP contribution in [0.25, 0.3) is 0 Å². The Morgan fingerprint density at radius 3 is 2.71 bits per heavy atom. The van der Waals surface area contributed by atoms with Gasteiger partial charge in [-0.3, -0.25) is 9.69 Å². The van der Waals surface area contributed by atoms with Crippen LogP contribution in [0.15, 0.2) is 54.6 Å². The number of carbonyl (C=O) groups excluding carboxylic acids is 1. The van der Waals surface area contributed by atoms with Gasteiger partial charge in [0.1, 0.15) is 0 Å². The molecule has 0 aliphatic carbocycles. The molecule has 3 rings (SSSR count). The van der Waals surface area contributed by atoms with Crippen molar-refractivity contribution in [2.45, 2.75) is 19.3 Å². The summed E-state index contributed by atoms with van der Waals surface area (Å²) in [5.74, 6) is 0.795. The zero-order valence-corrected chi connectivity index (χ0v) is 12.5. The van der Waals surface area contributed by atoms with Crippen molar-refractivity contribution in [2.24, 2.45) is 0 Å². The molecular weight excluding hydrogens is 258 g/mol. The molecule has 1 aliphatic heterocycles. The molecule has 0 saturated carbocycles. The van der Waals surface area contributed by atoms with Gasteiger partial charge in [-0.1, -0.05) is 54.1 Å². The van der Waals surface area contributed by atoms with E-state index in [4.69, 9.17) is 0 Å². The molecular formula is C19H21NO. The van der Waals surface area contributed by atoms with E-state index in [1.807, 2.05) is 31.2 Å². The molecule has 0 aromatic heterocycles. The Labute approximate surface area is 126 Å². The highest BCUT2D eigenvalue weighted by Crippen LogP contribution is 2.26. The van der Waals surface area contributed by atoms with Crippen LogP contribution in [0.3, 0.4) is 0 Å². The minimum absolute atomic E-state index is 0.229. The van der Waals surface area contributed by atoms with Crippen LogP contribution in [-0.4, -0.2) is 30.3 Å². The number of hydrogen-bond acceptors (Lipinski definition) is 2. The van der Waals surface area contributed by atoms with Crippen LogP contribution < -0.4 is 0 Å². The van der Waals surface area contributed by atoms with E-state index < -0.39 is 0 Å². The van der Waals surface area contributed by atoms with Gasteiger partial charge in [0.25, 0.3) is 0 Å². The van der Waals surface area contributed by atoms with Crippen molar-refractivity contribution in [3.63, 3.8) is 0 Å². The molecule has 1 aliphatic rings. The minimum Gasteiger partial charge on any atom is -0.295 e. The van der Waals surface area contributed by atoms with Gasteiger partial charge in [0.15, 0.2) is 5.78 Å². The highest BCUT2D eigenvalue weighted by molar-refractivity contribution is 5.97. The summed E-state index contributed by atoms with van der Waals surface area (Å²) in [6, 6.07) is 18.5. The first kappa shape index (κ1) is 14.0. The van der Waals surface area contributed by atoms with E-state index in [1.165, 1.54) is 5.56 Å². The average Bonchev–Trinajstić information content (AvgIpc) is 2.97. The monoisotopic (exact) mass is 279 g/mol. The van der Waals surface area contributed by atoms with Crippen LogP contribution in [0.1, 0.15) is 33.8 Å². The van der Waals surface area contributed by atoms with Gasteiger partial charge in [-0.2, -0.15) is 0 Å². The lowest BCUT2D eigenvalue weighted by Crippen LogP contribution is -2.27. The molecule has 2 aromatic carbocycles. The highest BCUT2D eigenvalue weighted by atomic mass is 16.1. The Hall–Kier alpha value is -1.93. The lowest BCUT2D eigenvalue weighted by Gasteiger charge is -2.15. The number of carbonyl (C=O) groups is 1. The molecule has 21 heavy (non-hydrogen) atoms. The van der Waals surface area contributed by atoms with E-state index in [2.05, 4.69) is 35.2 Å². The van der Waals surface area contributed by atoms with Crippen molar-refractivity contribution in [3.8, 4) is 0 Å². The molecule has 1 saturated heterocycles. The van der Waals surface area contributed by atoms with Gasteiger partial charge in [-0.15, -0.1) is 0 Å². The summed E-state index contributed by atoms with van der Waals surface area (Å²) in [5.41, 5.74) is 3.37. The lowest BCUT2D eigenvalue weighted by atomic mass is 9.99. The molecule has 1 atom stereocenters. The van der Waals surface area contributed by atoms with Crippen molar-refractivity contribution in [1.29, 1.82) is 0 Å². The van der Waals surface area contributed by atoms with Crippen LogP contribution in [0, 0.1) is 6.92 Å². The van der Waals surface area contributed by atoms with Gasteiger partial charge in [-0.25, -0.2) is 0 Å². The molecule has 108 valence electrons. The first-order valence-corrected chi connectivity index (χ1v) is 7.59. The summed E-state index contributed by atoms with van der Waals surface area (Å²) in [6.07, 6.45) is 1.14. The number of nitrogens with zero attached hydrogens (tertiary/aromatic N) is 1. The third-order valence-electron chi connectivity index (χ3n) is 4.25. The molecule has 0 bridgehead atoms. The number of ketones is 1. The Bertz CT molecular complexity index is 620. The summed E-state index contributed by atoms with van der Waals surface area (Å²) >= 11 is 0. The van der Waals surface area contributed by atoms with Crippen LogP contribution in [0.2, 0.25) is 0 Å².